The topological polar surface area (TPSA) is 64.4 Å². The molecule has 0 atom stereocenters. The summed E-state index contributed by atoms with van der Waals surface area (Å²) in [6.45, 7) is 3.01. The van der Waals surface area contributed by atoms with Crippen LogP contribution >= 0.6 is 11.6 Å². The van der Waals surface area contributed by atoms with E-state index < -0.39 is 0 Å². The van der Waals surface area contributed by atoms with Gasteiger partial charge in [-0.2, -0.15) is 0 Å². The van der Waals surface area contributed by atoms with Gasteiger partial charge in [-0.25, -0.2) is 4.98 Å². The Morgan fingerprint density at radius 1 is 1.22 bits per heavy atom. The number of rotatable bonds is 8. The van der Waals surface area contributed by atoms with Gasteiger partial charge in [-0.1, -0.05) is 23.7 Å². The number of nitrogens with one attached hydrogen (secondary N) is 1. The maximum absolute atomic E-state index is 12.1. The summed E-state index contributed by atoms with van der Waals surface area (Å²) in [7, 11) is 0. The van der Waals surface area contributed by atoms with E-state index in [1.807, 2.05) is 43.3 Å². The first-order chi connectivity index (χ1) is 13.1. The quantitative estimate of drug-likeness (QED) is 0.614. The molecule has 27 heavy (non-hydrogen) atoms. The van der Waals surface area contributed by atoms with Gasteiger partial charge in [-0.05, 0) is 48.9 Å². The molecule has 1 N–H and O–H groups in total. The van der Waals surface area contributed by atoms with Gasteiger partial charge in [-0.15, -0.1) is 0 Å². The van der Waals surface area contributed by atoms with Crippen LogP contribution in [0.15, 0.2) is 59.1 Å². The maximum Gasteiger partial charge on any atom is 0.220 e. The predicted molar refractivity (Wildman–Crippen MR) is 105 cm³/mol. The molecule has 0 bridgehead atoms. The maximum atomic E-state index is 12.1. The lowest BCUT2D eigenvalue weighted by atomic mass is 10.2. The van der Waals surface area contributed by atoms with Crippen molar-refractivity contribution >= 4 is 17.5 Å². The fourth-order valence-corrected chi connectivity index (χ4v) is 2.72. The Hall–Kier alpha value is -2.79. The second kappa shape index (κ2) is 9.24. The number of aryl methyl sites for hydroxylation is 1. The summed E-state index contributed by atoms with van der Waals surface area (Å²) in [5.41, 5.74) is 1.90. The highest BCUT2D eigenvalue weighted by atomic mass is 35.5. The Labute approximate surface area is 163 Å². The van der Waals surface area contributed by atoms with Gasteiger partial charge in [0, 0.05) is 30.0 Å². The molecular formula is C21H21ClN2O3. The predicted octanol–water partition coefficient (Wildman–Crippen LogP) is 4.64. The second-order valence-electron chi connectivity index (χ2n) is 5.98. The van der Waals surface area contributed by atoms with E-state index in [1.54, 1.807) is 18.3 Å². The van der Waals surface area contributed by atoms with Crippen LogP contribution in [-0.4, -0.2) is 17.5 Å². The minimum Gasteiger partial charge on any atom is -0.494 e. The molecule has 0 saturated carbocycles. The lowest BCUT2D eigenvalue weighted by molar-refractivity contribution is -0.121. The van der Waals surface area contributed by atoms with Crippen molar-refractivity contribution in [1.82, 2.24) is 10.3 Å². The van der Waals surface area contributed by atoms with Gasteiger partial charge in [0.1, 0.15) is 5.75 Å². The average molecular weight is 385 g/mol. The number of aromatic nitrogens is 1. The minimum atomic E-state index is -0.0527. The molecule has 1 aromatic heterocycles. The van der Waals surface area contributed by atoms with E-state index in [4.69, 9.17) is 20.8 Å². The first kappa shape index (κ1) is 19.0. The highest BCUT2D eigenvalue weighted by Gasteiger charge is 2.09. The van der Waals surface area contributed by atoms with E-state index in [1.165, 1.54) is 0 Å². The zero-order chi connectivity index (χ0) is 19.1. The van der Waals surface area contributed by atoms with Gasteiger partial charge in [-0.3, -0.25) is 4.79 Å². The van der Waals surface area contributed by atoms with Crippen LogP contribution in [0.1, 0.15) is 24.8 Å². The SMILES string of the molecule is CCOc1cccc(CNC(=O)CCc2ncc(-c3ccc(Cl)cc3)o2)c1. The van der Waals surface area contributed by atoms with Crippen LogP contribution in [0.4, 0.5) is 0 Å². The lowest BCUT2D eigenvalue weighted by Crippen LogP contribution is -2.23. The number of oxazole rings is 1. The number of carbonyl (C=O) groups is 1. The van der Waals surface area contributed by atoms with Crippen molar-refractivity contribution in [2.45, 2.75) is 26.3 Å². The molecule has 140 valence electrons. The lowest BCUT2D eigenvalue weighted by Gasteiger charge is -2.07. The largest absolute Gasteiger partial charge is 0.494 e. The van der Waals surface area contributed by atoms with Crippen LogP contribution in [-0.2, 0) is 17.8 Å². The highest BCUT2D eigenvalue weighted by molar-refractivity contribution is 6.30. The smallest absolute Gasteiger partial charge is 0.220 e. The van der Waals surface area contributed by atoms with E-state index in [9.17, 15) is 4.79 Å². The molecule has 2 aromatic carbocycles. The molecule has 0 aliphatic rings. The minimum absolute atomic E-state index is 0.0527. The first-order valence-corrected chi connectivity index (χ1v) is 9.21. The molecule has 0 radical (unpaired) electrons. The van der Waals surface area contributed by atoms with Crippen molar-refractivity contribution < 1.29 is 13.9 Å². The molecule has 0 spiro atoms. The third-order valence-electron chi connectivity index (χ3n) is 3.95. The highest BCUT2D eigenvalue weighted by Crippen LogP contribution is 2.22. The fraction of sp³-hybridized carbons (Fsp3) is 0.238. The summed E-state index contributed by atoms with van der Waals surface area (Å²) >= 11 is 5.89. The Bertz CT molecular complexity index is 890. The monoisotopic (exact) mass is 384 g/mol. The number of amides is 1. The molecule has 1 amide bonds. The number of hydrogen-bond donors (Lipinski definition) is 1. The van der Waals surface area contributed by atoms with Crippen LogP contribution in [0.2, 0.25) is 5.02 Å². The third-order valence-corrected chi connectivity index (χ3v) is 4.20. The van der Waals surface area contributed by atoms with E-state index >= 15 is 0 Å². The van der Waals surface area contributed by atoms with Gasteiger partial charge >= 0.3 is 0 Å². The molecule has 0 fully saturated rings. The van der Waals surface area contributed by atoms with Crippen LogP contribution in [0.5, 0.6) is 5.75 Å². The normalized spacial score (nSPS) is 10.6. The van der Waals surface area contributed by atoms with Crippen LogP contribution in [0.25, 0.3) is 11.3 Å². The van der Waals surface area contributed by atoms with Crippen molar-refractivity contribution in [2.24, 2.45) is 0 Å². The summed E-state index contributed by atoms with van der Waals surface area (Å²) in [5.74, 6) is 1.95. The summed E-state index contributed by atoms with van der Waals surface area (Å²) in [6, 6.07) is 15.0. The van der Waals surface area contributed by atoms with Crippen molar-refractivity contribution in [2.75, 3.05) is 6.61 Å². The van der Waals surface area contributed by atoms with Crippen molar-refractivity contribution in [1.29, 1.82) is 0 Å². The second-order valence-corrected chi connectivity index (χ2v) is 6.42. The van der Waals surface area contributed by atoms with Crippen LogP contribution in [0.3, 0.4) is 0 Å². The zero-order valence-electron chi connectivity index (χ0n) is 15.1. The van der Waals surface area contributed by atoms with E-state index in [-0.39, 0.29) is 5.91 Å². The first-order valence-electron chi connectivity index (χ1n) is 8.83. The third kappa shape index (κ3) is 5.59. The summed E-state index contributed by atoms with van der Waals surface area (Å²) < 4.78 is 11.2. The van der Waals surface area contributed by atoms with Crippen LogP contribution < -0.4 is 10.1 Å². The van der Waals surface area contributed by atoms with Crippen molar-refractivity contribution in [3.8, 4) is 17.1 Å². The molecular weight excluding hydrogens is 364 g/mol. The summed E-state index contributed by atoms with van der Waals surface area (Å²) in [4.78, 5) is 16.3. The standard InChI is InChI=1S/C21H21ClN2O3/c1-2-26-18-5-3-4-15(12-18)13-23-20(25)10-11-21-24-14-19(27-21)16-6-8-17(22)9-7-16/h3-9,12,14H,2,10-11,13H2,1H3,(H,23,25). The zero-order valence-corrected chi connectivity index (χ0v) is 15.8. The molecule has 3 aromatic rings. The van der Waals surface area contributed by atoms with E-state index in [0.717, 1.165) is 16.9 Å². The number of nitrogens with zero attached hydrogens (tertiary/aromatic N) is 1. The Morgan fingerprint density at radius 2 is 2.04 bits per heavy atom. The van der Waals surface area contributed by atoms with Crippen molar-refractivity contribution in [3.63, 3.8) is 0 Å². The number of halogens is 1. The van der Waals surface area contributed by atoms with Gasteiger partial charge < -0.3 is 14.5 Å². The molecule has 0 aliphatic carbocycles. The van der Waals surface area contributed by atoms with Crippen molar-refractivity contribution in [3.05, 3.63) is 71.2 Å². The molecule has 1 heterocycles. The number of carbonyl (C=O) groups excluding carboxylic acids is 1. The molecule has 5 nitrogen and oxygen atoms in total. The van der Waals surface area contributed by atoms with Gasteiger partial charge in [0.15, 0.2) is 11.7 Å². The van der Waals surface area contributed by atoms with Gasteiger partial charge in [0.05, 0.1) is 12.8 Å². The molecule has 0 unspecified atom stereocenters. The van der Waals surface area contributed by atoms with Gasteiger partial charge in [0.25, 0.3) is 0 Å². The number of hydrogen-bond acceptors (Lipinski definition) is 4. The van der Waals surface area contributed by atoms with Gasteiger partial charge in [0.2, 0.25) is 5.91 Å². The average Bonchev–Trinajstić information content (AvgIpc) is 3.15. The summed E-state index contributed by atoms with van der Waals surface area (Å²) in [5, 5.41) is 3.57. The molecule has 6 heteroatoms. The fourth-order valence-electron chi connectivity index (χ4n) is 2.59. The Kier molecular flexibility index (Phi) is 6.49. The summed E-state index contributed by atoms with van der Waals surface area (Å²) in [6.07, 6.45) is 2.42. The van der Waals surface area contributed by atoms with E-state index in [0.29, 0.717) is 42.7 Å². The van der Waals surface area contributed by atoms with E-state index in [2.05, 4.69) is 10.3 Å². The Morgan fingerprint density at radius 3 is 2.81 bits per heavy atom. The molecule has 3 rings (SSSR count). The molecule has 0 saturated heterocycles. The number of benzene rings is 2. The van der Waals surface area contributed by atoms with Crippen LogP contribution in [0, 0.1) is 0 Å². The Balaban J connectivity index is 1.48. The number of ether oxygens (including phenoxy) is 1. The molecule has 0 aliphatic heterocycles.